The van der Waals surface area contributed by atoms with Crippen molar-refractivity contribution in [1.29, 1.82) is 0 Å². The molecule has 0 saturated carbocycles. The molecule has 1 heterocycles. The van der Waals surface area contributed by atoms with Gasteiger partial charge in [0.05, 0.1) is 13.2 Å². The van der Waals surface area contributed by atoms with E-state index < -0.39 is 0 Å². The Hall–Kier alpha value is -0.930. The molecule has 2 rings (SSSR count). The highest BCUT2D eigenvalue weighted by Gasteiger charge is 2.39. The third-order valence-corrected chi connectivity index (χ3v) is 3.43. The van der Waals surface area contributed by atoms with Gasteiger partial charge in [0.15, 0.2) is 5.78 Å². The zero-order valence-electron chi connectivity index (χ0n) is 10.0. The first-order chi connectivity index (χ1) is 7.52. The average molecular weight is 221 g/mol. The monoisotopic (exact) mass is 221 g/mol. The predicted molar refractivity (Wildman–Crippen MR) is 63.2 cm³/mol. The molecule has 1 fully saturated rings. The quantitative estimate of drug-likeness (QED) is 0.627. The van der Waals surface area contributed by atoms with Crippen LogP contribution in [0.25, 0.3) is 0 Å². The number of rotatable bonds is 1. The molecule has 88 valence electrons. The number of carbonyl (C=O) groups is 1. The molecule has 3 heteroatoms. The summed E-state index contributed by atoms with van der Waals surface area (Å²) in [6, 6.07) is 0.119. The molecule has 1 aliphatic heterocycles. The SMILES string of the molecule is C=C1C(=O)C=CC(C)(C)C1N1CCOCC1. The number of carbonyl (C=O) groups excluding carboxylic acids is 1. The number of hydrogen-bond donors (Lipinski definition) is 0. The molecule has 2 aliphatic rings. The van der Waals surface area contributed by atoms with Gasteiger partial charge in [-0.1, -0.05) is 26.5 Å². The number of nitrogens with zero attached hydrogens (tertiary/aromatic N) is 1. The van der Waals surface area contributed by atoms with Gasteiger partial charge in [-0.25, -0.2) is 0 Å². The summed E-state index contributed by atoms with van der Waals surface area (Å²) >= 11 is 0. The smallest absolute Gasteiger partial charge is 0.182 e. The topological polar surface area (TPSA) is 29.5 Å². The van der Waals surface area contributed by atoms with Crippen LogP contribution in [0, 0.1) is 5.41 Å². The van der Waals surface area contributed by atoms with E-state index >= 15 is 0 Å². The van der Waals surface area contributed by atoms with Crippen LogP contribution in [-0.4, -0.2) is 43.0 Å². The van der Waals surface area contributed by atoms with Crippen LogP contribution in [0.15, 0.2) is 24.3 Å². The maximum absolute atomic E-state index is 11.7. The maximum Gasteiger partial charge on any atom is 0.182 e. The van der Waals surface area contributed by atoms with Crippen molar-refractivity contribution in [2.75, 3.05) is 26.3 Å². The van der Waals surface area contributed by atoms with Gasteiger partial charge in [-0.2, -0.15) is 0 Å². The van der Waals surface area contributed by atoms with Gasteiger partial charge in [-0.15, -0.1) is 0 Å². The van der Waals surface area contributed by atoms with Gasteiger partial charge in [0, 0.05) is 30.1 Å². The molecule has 1 atom stereocenters. The highest BCUT2D eigenvalue weighted by molar-refractivity contribution is 6.05. The summed E-state index contributed by atoms with van der Waals surface area (Å²) in [5, 5.41) is 0. The van der Waals surface area contributed by atoms with Crippen LogP contribution < -0.4 is 0 Å². The van der Waals surface area contributed by atoms with E-state index in [-0.39, 0.29) is 17.2 Å². The Morgan fingerprint density at radius 1 is 1.44 bits per heavy atom. The molecule has 0 aromatic rings. The van der Waals surface area contributed by atoms with Crippen molar-refractivity contribution in [3.8, 4) is 0 Å². The van der Waals surface area contributed by atoms with Gasteiger partial charge in [-0.05, 0) is 6.08 Å². The van der Waals surface area contributed by atoms with E-state index in [2.05, 4.69) is 25.3 Å². The Bertz CT molecular complexity index is 338. The van der Waals surface area contributed by atoms with Crippen LogP contribution in [-0.2, 0) is 9.53 Å². The lowest BCUT2D eigenvalue weighted by Gasteiger charge is -2.44. The molecule has 0 bridgehead atoms. The number of allylic oxidation sites excluding steroid dienone is 1. The first kappa shape index (κ1) is 11.6. The van der Waals surface area contributed by atoms with Crippen molar-refractivity contribution in [1.82, 2.24) is 4.90 Å². The zero-order valence-corrected chi connectivity index (χ0v) is 10.0. The minimum atomic E-state index is -0.0255. The van der Waals surface area contributed by atoms with Crippen molar-refractivity contribution in [2.45, 2.75) is 19.9 Å². The van der Waals surface area contributed by atoms with Crippen molar-refractivity contribution in [3.05, 3.63) is 24.3 Å². The van der Waals surface area contributed by atoms with Gasteiger partial charge in [0.1, 0.15) is 0 Å². The summed E-state index contributed by atoms with van der Waals surface area (Å²) in [7, 11) is 0. The van der Waals surface area contributed by atoms with Crippen LogP contribution in [0.3, 0.4) is 0 Å². The van der Waals surface area contributed by atoms with Crippen LogP contribution in [0.2, 0.25) is 0 Å². The minimum absolute atomic E-state index is 0.0255. The standard InChI is InChI=1S/C13H19NO2/c1-10-11(15)4-5-13(2,3)12(10)14-6-8-16-9-7-14/h4-5,12H,1,6-9H2,2-3H3. The highest BCUT2D eigenvalue weighted by atomic mass is 16.5. The average Bonchev–Trinajstić information content (AvgIpc) is 2.26. The second kappa shape index (κ2) is 4.15. The Labute approximate surface area is 96.8 Å². The lowest BCUT2D eigenvalue weighted by atomic mass is 9.74. The fourth-order valence-corrected chi connectivity index (χ4v) is 2.60. The van der Waals surface area contributed by atoms with Crippen LogP contribution in [0.5, 0.6) is 0 Å². The van der Waals surface area contributed by atoms with Crippen LogP contribution in [0.4, 0.5) is 0 Å². The molecule has 1 aliphatic carbocycles. The van der Waals surface area contributed by atoms with E-state index in [1.165, 1.54) is 0 Å². The molecule has 0 N–H and O–H groups in total. The Morgan fingerprint density at radius 2 is 2.06 bits per heavy atom. The first-order valence-corrected chi connectivity index (χ1v) is 5.76. The van der Waals surface area contributed by atoms with Crippen molar-refractivity contribution in [2.24, 2.45) is 5.41 Å². The molecule has 0 aromatic carbocycles. The zero-order chi connectivity index (χ0) is 11.8. The molecular formula is C13H19NO2. The highest BCUT2D eigenvalue weighted by Crippen LogP contribution is 2.35. The molecule has 0 aromatic heterocycles. The number of ether oxygens (including phenoxy) is 1. The van der Waals surface area contributed by atoms with Crippen molar-refractivity contribution in [3.63, 3.8) is 0 Å². The predicted octanol–water partition coefficient (Wildman–Crippen LogP) is 1.41. The van der Waals surface area contributed by atoms with Gasteiger partial charge in [-0.3, -0.25) is 9.69 Å². The first-order valence-electron chi connectivity index (χ1n) is 5.76. The normalized spacial score (nSPS) is 30.8. The number of hydrogen-bond acceptors (Lipinski definition) is 3. The Kier molecular flexibility index (Phi) is 3.00. The number of morpholine rings is 1. The second-order valence-electron chi connectivity index (χ2n) is 5.10. The van der Waals surface area contributed by atoms with E-state index in [0.29, 0.717) is 0 Å². The largest absolute Gasteiger partial charge is 0.379 e. The van der Waals surface area contributed by atoms with E-state index in [4.69, 9.17) is 4.74 Å². The van der Waals surface area contributed by atoms with Crippen molar-refractivity contribution >= 4 is 5.78 Å². The molecule has 1 unspecified atom stereocenters. The Morgan fingerprint density at radius 3 is 2.69 bits per heavy atom. The Balaban J connectivity index is 2.25. The summed E-state index contributed by atoms with van der Waals surface area (Å²) in [6.45, 7) is 11.5. The van der Waals surface area contributed by atoms with Crippen LogP contribution in [0.1, 0.15) is 13.8 Å². The molecule has 0 amide bonds. The molecule has 0 spiro atoms. The summed E-state index contributed by atoms with van der Waals surface area (Å²) in [5.41, 5.74) is 0.692. The third-order valence-electron chi connectivity index (χ3n) is 3.43. The van der Waals surface area contributed by atoms with Gasteiger partial charge >= 0.3 is 0 Å². The molecule has 16 heavy (non-hydrogen) atoms. The fourth-order valence-electron chi connectivity index (χ4n) is 2.60. The van der Waals surface area contributed by atoms with Crippen LogP contribution >= 0.6 is 0 Å². The minimum Gasteiger partial charge on any atom is -0.379 e. The molecule has 0 radical (unpaired) electrons. The van der Waals surface area contributed by atoms with E-state index in [1.807, 2.05) is 6.08 Å². The maximum atomic E-state index is 11.7. The molecule has 3 nitrogen and oxygen atoms in total. The van der Waals surface area contributed by atoms with Gasteiger partial charge in [0.2, 0.25) is 0 Å². The summed E-state index contributed by atoms with van der Waals surface area (Å²) < 4.78 is 5.35. The lowest BCUT2D eigenvalue weighted by molar-refractivity contribution is -0.113. The van der Waals surface area contributed by atoms with Gasteiger partial charge < -0.3 is 4.74 Å². The molecular weight excluding hydrogens is 202 g/mol. The summed E-state index contributed by atoms with van der Waals surface area (Å²) in [6.07, 6.45) is 3.66. The third kappa shape index (κ3) is 1.97. The number of ketones is 1. The second-order valence-corrected chi connectivity index (χ2v) is 5.10. The fraction of sp³-hybridized carbons (Fsp3) is 0.615. The molecule has 1 saturated heterocycles. The van der Waals surface area contributed by atoms with Gasteiger partial charge in [0.25, 0.3) is 0 Å². The lowest BCUT2D eigenvalue weighted by Crippen LogP contribution is -2.52. The van der Waals surface area contributed by atoms with E-state index in [9.17, 15) is 4.79 Å². The van der Waals surface area contributed by atoms with E-state index in [1.54, 1.807) is 6.08 Å². The summed E-state index contributed by atoms with van der Waals surface area (Å²) in [5.74, 6) is 0.0656. The summed E-state index contributed by atoms with van der Waals surface area (Å²) in [4.78, 5) is 14.0. The van der Waals surface area contributed by atoms with Crippen molar-refractivity contribution < 1.29 is 9.53 Å². The van der Waals surface area contributed by atoms with E-state index in [0.717, 1.165) is 31.9 Å².